The zero-order chi connectivity index (χ0) is 23.6. The summed E-state index contributed by atoms with van der Waals surface area (Å²) < 4.78 is 182. The van der Waals surface area contributed by atoms with Crippen LogP contribution in [-0.4, -0.2) is 70.0 Å². The largest absolute Gasteiger partial charge is 0.393 e. The normalized spacial score (nSPS) is 18.1. The highest BCUT2D eigenvalue weighted by Gasteiger charge is 2.86. The minimum absolute atomic E-state index is 0.414. The highest BCUT2D eigenvalue weighted by atomic mass is 28.4. The summed E-state index contributed by atoms with van der Waals surface area (Å²) in [5.41, 5.74) is 0. The first-order chi connectivity index (χ1) is 12.8. The van der Waals surface area contributed by atoms with Gasteiger partial charge in [-0.05, 0) is 20.4 Å². The van der Waals surface area contributed by atoms with Crippen molar-refractivity contribution >= 4 is 8.56 Å². The third-order valence-corrected chi connectivity index (χ3v) is 6.75. The van der Waals surface area contributed by atoms with E-state index in [0.29, 0.717) is 6.55 Å². The monoisotopic (exact) mass is 480 g/mol. The van der Waals surface area contributed by atoms with E-state index in [0.717, 1.165) is 13.8 Å². The Kier molecular flexibility index (Phi) is 8.91. The smallest absolute Gasteiger partial charge is 0.381 e. The van der Waals surface area contributed by atoms with Gasteiger partial charge in [0.15, 0.2) is 6.17 Å². The summed E-state index contributed by atoms with van der Waals surface area (Å²) in [6.45, 7) is 1.30. The minimum Gasteiger partial charge on any atom is -0.393 e. The summed E-state index contributed by atoms with van der Waals surface area (Å²) in [5, 5.41) is 0. The van der Waals surface area contributed by atoms with Gasteiger partial charge >= 0.3 is 32.3 Å². The van der Waals surface area contributed by atoms with Crippen molar-refractivity contribution in [2.24, 2.45) is 0 Å². The molecule has 176 valence electrons. The lowest BCUT2D eigenvalue weighted by molar-refractivity contribution is -0.384. The Morgan fingerprint density at radius 3 is 1.34 bits per heavy atom. The van der Waals surface area contributed by atoms with Crippen molar-refractivity contribution in [3.8, 4) is 0 Å². The predicted molar refractivity (Wildman–Crippen MR) is 75.4 cm³/mol. The molecule has 0 aliphatic carbocycles. The Bertz CT molecular complexity index is 525. The molecule has 16 heteroatoms. The lowest BCUT2D eigenvalue weighted by atomic mass is 9.94. The molecule has 0 aliphatic heterocycles. The first-order valence-corrected chi connectivity index (χ1v) is 10.2. The number of alkyl halides is 13. The Hall–Kier alpha value is -0.773. The fourth-order valence-electron chi connectivity index (χ4n) is 2.17. The van der Waals surface area contributed by atoms with Gasteiger partial charge in [-0.3, -0.25) is 0 Å². The average molecular weight is 480 g/mol. The fourth-order valence-corrected chi connectivity index (χ4v) is 4.53. The summed E-state index contributed by atoms with van der Waals surface area (Å²) in [5.74, 6) is -33.0. The van der Waals surface area contributed by atoms with Crippen LogP contribution in [0.1, 0.15) is 13.8 Å². The van der Waals surface area contributed by atoms with Crippen LogP contribution < -0.4 is 0 Å². The molecule has 0 fully saturated rings. The van der Waals surface area contributed by atoms with Crippen molar-refractivity contribution in [2.75, 3.05) is 13.2 Å². The van der Waals surface area contributed by atoms with Gasteiger partial charge in [0.1, 0.15) is 0 Å². The first-order valence-electron chi connectivity index (χ1n) is 7.79. The van der Waals surface area contributed by atoms with Crippen molar-refractivity contribution in [2.45, 2.75) is 68.6 Å². The van der Waals surface area contributed by atoms with E-state index in [1.54, 1.807) is 0 Å². The Morgan fingerprint density at radius 1 is 0.690 bits per heavy atom. The molecule has 0 saturated carbocycles. The zero-order valence-electron chi connectivity index (χ0n) is 15.0. The SMILES string of the molecule is CCO[Si](C)(OCC)C(F)C(F)(F)C(F)(F)C(F)(F)C(F)(F)C(F)C(F)C(F)F. The van der Waals surface area contributed by atoms with Crippen molar-refractivity contribution in [1.82, 2.24) is 0 Å². The molecule has 0 amide bonds. The highest BCUT2D eigenvalue weighted by molar-refractivity contribution is 6.67. The third kappa shape index (κ3) is 4.78. The molecule has 0 aromatic carbocycles. The molecule has 2 nitrogen and oxygen atoms in total. The molecule has 29 heavy (non-hydrogen) atoms. The Morgan fingerprint density at radius 2 is 1.03 bits per heavy atom. The van der Waals surface area contributed by atoms with Crippen LogP contribution in [0.25, 0.3) is 0 Å². The van der Waals surface area contributed by atoms with Gasteiger partial charge < -0.3 is 8.85 Å². The topological polar surface area (TPSA) is 18.5 Å². The van der Waals surface area contributed by atoms with E-state index in [-0.39, 0.29) is 0 Å². The fraction of sp³-hybridized carbons (Fsp3) is 1.00. The van der Waals surface area contributed by atoms with E-state index in [1.807, 2.05) is 0 Å². The van der Waals surface area contributed by atoms with Crippen molar-refractivity contribution in [3.05, 3.63) is 0 Å². The summed E-state index contributed by atoms with van der Waals surface area (Å²) in [4.78, 5) is 0. The molecule has 3 unspecified atom stereocenters. The van der Waals surface area contributed by atoms with Crippen molar-refractivity contribution in [3.63, 3.8) is 0 Å². The van der Waals surface area contributed by atoms with Gasteiger partial charge in [0, 0.05) is 13.2 Å². The van der Waals surface area contributed by atoms with Crippen LogP contribution in [-0.2, 0) is 8.85 Å². The van der Waals surface area contributed by atoms with Gasteiger partial charge in [-0.1, -0.05) is 0 Å². The number of rotatable bonds is 12. The minimum atomic E-state index is -7.49. The molecule has 0 bridgehead atoms. The van der Waals surface area contributed by atoms with Gasteiger partial charge in [0.05, 0.1) is 0 Å². The van der Waals surface area contributed by atoms with Crippen LogP contribution >= 0.6 is 0 Å². The average Bonchev–Trinajstić information content (AvgIpc) is 2.59. The maximum absolute atomic E-state index is 14.2. The van der Waals surface area contributed by atoms with Gasteiger partial charge in [0.25, 0.3) is 6.43 Å². The second-order valence-electron chi connectivity index (χ2n) is 5.82. The van der Waals surface area contributed by atoms with Gasteiger partial charge in [-0.15, -0.1) is 0 Å². The summed E-state index contributed by atoms with van der Waals surface area (Å²) in [7, 11) is -5.07. The van der Waals surface area contributed by atoms with Crippen molar-refractivity contribution in [1.29, 1.82) is 0 Å². The van der Waals surface area contributed by atoms with E-state index in [2.05, 4.69) is 8.85 Å². The van der Waals surface area contributed by atoms with Gasteiger partial charge in [-0.2, -0.15) is 35.1 Å². The second-order valence-corrected chi connectivity index (χ2v) is 8.94. The third-order valence-electron chi connectivity index (χ3n) is 3.74. The molecule has 0 radical (unpaired) electrons. The predicted octanol–water partition coefficient (Wildman–Crippen LogP) is 5.49. The van der Waals surface area contributed by atoms with Gasteiger partial charge in [0.2, 0.25) is 12.0 Å². The lowest BCUT2D eigenvalue weighted by Crippen LogP contribution is -2.71. The Balaban J connectivity index is 6.27. The van der Waals surface area contributed by atoms with E-state index in [4.69, 9.17) is 0 Å². The quantitative estimate of drug-likeness (QED) is 0.272. The van der Waals surface area contributed by atoms with Crippen LogP contribution in [0, 0.1) is 0 Å². The first kappa shape index (κ1) is 28.2. The molecular formula is C13H17F13O2Si. The van der Waals surface area contributed by atoms with E-state index in [1.165, 1.54) is 0 Å². The van der Waals surface area contributed by atoms with Crippen LogP contribution in [0.3, 0.4) is 0 Å². The number of hydrogen-bond acceptors (Lipinski definition) is 2. The summed E-state index contributed by atoms with van der Waals surface area (Å²) in [6, 6.07) is 0. The molecule has 0 rings (SSSR count). The maximum atomic E-state index is 14.2. The molecule has 0 aromatic heterocycles. The molecule has 0 aliphatic rings. The number of hydrogen-bond donors (Lipinski definition) is 0. The molecule has 0 N–H and O–H groups in total. The zero-order valence-corrected chi connectivity index (χ0v) is 16.0. The molecule has 0 spiro atoms. The lowest BCUT2D eigenvalue weighted by Gasteiger charge is -2.41. The van der Waals surface area contributed by atoms with Crippen LogP contribution in [0.5, 0.6) is 0 Å². The van der Waals surface area contributed by atoms with E-state index in [9.17, 15) is 57.1 Å². The maximum Gasteiger partial charge on any atom is 0.381 e. The molecule has 0 saturated heterocycles. The molecule has 0 aromatic rings. The summed E-state index contributed by atoms with van der Waals surface area (Å²) >= 11 is 0. The van der Waals surface area contributed by atoms with Crippen molar-refractivity contribution < 1.29 is 65.9 Å². The number of halogens is 13. The molecule has 0 heterocycles. The summed E-state index contributed by atoms with van der Waals surface area (Å²) in [6.07, 6.45) is -14.7. The van der Waals surface area contributed by atoms with Crippen LogP contribution in [0.2, 0.25) is 6.55 Å². The molecular weight excluding hydrogens is 463 g/mol. The molecule has 3 atom stereocenters. The highest BCUT2D eigenvalue weighted by Crippen LogP contribution is 2.57. The van der Waals surface area contributed by atoms with Crippen LogP contribution in [0.4, 0.5) is 57.1 Å². The van der Waals surface area contributed by atoms with Gasteiger partial charge in [-0.25, -0.2) is 22.0 Å². The second kappa shape index (κ2) is 9.16. The standard InChI is InChI=1S/C13H17F13O2Si/c1-4-27-29(3,28-5-2)9(18)11(21,22)13(25,26)12(23,24)10(19,20)7(15)6(14)8(16)17/h6-9H,4-5H2,1-3H3. The van der Waals surface area contributed by atoms with E-state index >= 15 is 0 Å². The Labute approximate surface area is 157 Å². The van der Waals surface area contributed by atoms with Crippen LogP contribution in [0.15, 0.2) is 0 Å². The van der Waals surface area contributed by atoms with E-state index < -0.39 is 70.0 Å².